The van der Waals surface area contributed by atoms with E-state index in [1.165, 1.54) is 44.2 Å². The summed E-state index contributed by atoms with van der Waals surface area (Å²) < 4.78 is 5.08. The average Bonchev–Trinajstić information content (AvgIpc) is 2.90. The predicted octanol–water partition coefficient (Wildman–Crippen LogP) is 5.94. The van der Waals surface area contributed by atoms with Crippen LogP contribution in [0.5, 0.6) is 0 Å². The maximum Gasteiger partial charge on any atom is 0.0115 e. The molecule has 1 aromatic rings. The molecule has 0 radical (unpaired) electrons. The topological polar surface area (TPSA) is 15.8 Å². The van der Waals surface area contributed by atoms with Crippen LogP contribution in [0.2, 0.25) is 13.3 Å². The van der Waals surface area contributed by atoms with Crippen molar-refractivity contribution in [1.29, 1.82) is 0 Å². The SMILES string of the molecule is CCC[CH2][SnH]([CH2]CCC)[CH2]CCC.Cc1ccc[nH]1. The van der Waals surface area contributed by atoms with E-state index in [0.717, 1.165) is 0 Å². The van der Waals surface area contributed by atoms with Crippen molar-refractivity contribution in [3.05, 3.63) is 24.0 Å². The molecule has 0 aromatic carbocycles. The van der Waals surface area contributed by atoms with Crippen molar-refractivity contribution in [2.45, 2.75) is 79.5 Å². The van der Waals surface area contributed by atoms with Crippen LogP contribution < -0.4 is 0 Å². The van der Waals surface area contributed by atoms with Crippen LogP contribution in [0.1, 0.15) is 65.0 Å². The summed E-state index contributed by atoms with van der Waals surface area (Å²) >= 11 is -0.967. The molecule has 0 aliphatic carbocycles. The van der Waals surface area contributed by atoms with Crippen molar-refractivity contribution in [1.82, 2.24) is 4.98 Å². The fourth-order valence-electron chi connectivity index (χ4n) is 2.33. The Morgan fingerprint density at radius 2 is 1.37 bits per heavy atom. The van der Waals surface area contributed by atoms with Gasteiger partial charge >= 0.3 is 92.4 Å². The zero-order chi connectivity index (χ0) is 14.3. The summed E-state index contributed by atoms with van der Waals surface area (Å²) in [6.07, 6.45) is 10.8. The third-order valence-electron chi connectivity index (χ3n) is 3.65. The predicted molar refractivity (Wildman–Crippen MR) is 91.8 cm³/mol. The van der Waals surface area contributed by atoms with Crippen molar-refractivity contribution in [2.24, 2.45) is 0 Å². The monoisotopic (exact) mass is 373 g/mol. The number of hydrogen-bond donors (Lipinski definition) is 1. The van der Waals surface area contributed by atoms with E-state index in [9.17, 15) is 0 Å². The molecule has 0 aliphatic heterocycles. The summed E-state index contributed by atoms with van der Waals surface area (Å²) in [5, 5.41) is 0. The summed E-state index contributed by atoms with van der Waals surface area (Å²) in [7, 11) is 0. The second-order valence-electron chi connectivity index (χ2n) is 5.65. The minimum absolute atomic E-state index is 0.967. The van der Waals surface area contributed by atoms with Gasteiger partial charge in [-0.2, -0.15) is 0 Å². The molecule has 0 spiro atoms. The number of unbranched alkanes of at least 4 members (excludes halogenated alkanes) is 3. The van der Waals surface area contributed by atoms with Crippen LogP contribution in [-0.4, -0.2) is 24.7 Å². The first-order valence-electron chi connectivity index (χ1n) is 8.34. The van der Waals surface area contributed by atoms with E-state index in [2.05, 4.69) is 25.8 Å². The van der Waals surface area contributed by atoms with Gasteiger partial charge in [-0.1, -0.05) is 0 Å². The van der Waals surface area contributed by atoms with Crippen LogP contribution >= 0.6 is 0 Å². The van der Waals surface area contributed by atoms with Gasteiger partial charge in [-0.15, -0.1) is 0 Å². The van der Waals surface area contributed by atoms with Gasteiger partial charge in [-0.25, -0.2) is 0 Å². The van der Waals surface area contributed by atoms with E-state index in [1.54, 1.807) is 13.3 Å². The molecule has 1 N–H and O–H groups in total. The molecule has 19 heavy (non-hydrogen) atoms. The fraction of sp³-hybridized carbons (Fsp3) is 0.765. The Labute approximate surface area is 128 Å². The van der Waals surface area contributed by atoms with Gasteiger partial charge < -0.3 is 4.98 Å². The number of hydrogen-bond acceptors (Lipinski definition) is 0. The van der Waals surface area contributed by atoms with Gasteiger partial charge in [0, 0.05) is 11.9 Å². The smallest absolute Gasteiger partial charge is 0.0115 e. The van der Waals surface area contributed by atoms with Gasteiger partial charge in [-0.3, -0.25) is 0 Å². The molecule has 0 atom stereocenters. The minimum atomic E-state index is -0.967. The Bertz CT molecular complexity index is 237. The molecule has 1 aromatic heterocycles. The molecule has 0 saturated heterocycles. The molecule has 2 heteroatoms. The first kappa shape index (κ1) is 19.1. The van der Waals surface area contributed by atoms with Crippen molar-refractivity contribution >= 4 is 19.8 Å². The van der Waals surface area contributed by atoms with Crippen LogP contribution in [0.25, 0.3) is 0 Å². The van der Waals surface area contributed by atoms with Crippen LogP contribution in [-0.2, 0) is 0 Å². The third-order valence-corrected chi connectivity index (χ3v) is 14.1. The number of nitrogens with one attached hydrogen (secondary N) is 1. The minimum Gasteiger partial charge on any atom is -0.365 e. The van der Waals surface area contributed by atoms with Crippen molar-refractivity contribution in [3.8, 4) is 0 Å². The van der Waals surface area contributed by atoms with Crippen LogP contribution in [0, 0.1) is 6.92 Å². The molecule has 1 heterocycles. The molecule has 0 amide bonds. The average molecular weight is 372 g/mol. The standard InChI is InChI=1S/C5H7N.3C4H9.Sn.H/c1-5-3-2-4-6-5;3*1-3-4-2;;/h2-4,6H,1H3;3*1,3-4H2,2H3;;. The van der Waals surface area contributed by atoms with Crippen molar-refractivity contribution in [2.75, 3.05) is 0 Å². The van der Waals surface area contributed by atoms with E-state index >= 15 is 0 Å². The maximum atomic E-state index is 3.00. The number of aryl methyl sites for hydroxylation is 1. The maximum absolute atomic E-state index is 3.00. The Hall–Kier alpha value is 0.0787. The molecule has 0 aliphatic rings. The second kappa shape index (κ2) is 14.5. The van der Waals surface area contributed by atoms with Gasteiger partial charge in [0.25, 0.3) is 0 Å². The summed E-state index contributed by atoms with van der Waals surface area (Å²) in [4.78, 5) is 3.00. The largest absolute Gasteiger partial charge is 0.365 e. The fourth-order valence-corrected chi connectivity index (χ4v) is 13.2. The molecule has 1 nitrogen and oxygen atoms in total. The first-order chi connectivity index (χ1) is 9.24. The van der Waals surface area contributed by atoms with E-state index in [4.69, 9.17) is 0 Å². The quantitative estimate of drug-likeness (QED) is 0.517. The zero-order valence-electron chi connectivity index (χ0n) is 13.7. The normalized spacial score (nSPS) is 10.4. The van der Waals surface area contributed by atoms with Gasteiger partial charge in [0.2, 0.25) is 0 Å². The van der Waals surface area contributed by atoms with Gasteiger partial charge in [0.15, 0.2) is 0 Å². The van der Waals surface area contributed by atoms with Crippen molar-refractivity contribution in [3.63, 3.8) is 0 Å². The van der Waals surface area contributed by atoms with Gasteiger partial charge in [0.05, 0.1) is 0 Å². The molecule has 0 fully saturated rings. The van der Waals surface area contributed by atoms with E-state index in [1.807, 2.05) is 25.3 Å². The Balaban J connectivity index is 0.000000443. The van der Waals surface area contributed by atoms with Crippen LogP contribution in [0.15, 0.2) is 18.3 Å². The first-order valence-corrected chi connectivity index (χ1v) is 15.3. The molecule has 1 rings (SSSR count). The Kier molecular flexibility index (Phi) is 14.5. The molecule has 112 valence electrons. The number of rotatable bonds is 9. The number of aromatic amines is 1. The zero-order valence-corrected chi connectivity index (χ0v) is 17.0. The van der Waals surface area contributed by atoms with Gasteiger partial charge in [-0.05, 0) is 19.1 Å². The van der Waals surface area contributed by atoms with Gasteiger partial charge in [0.1, 0.15) is 0 Å². The van der Waals surface area contributed by atoms with Crippen LogP contribution in [0.4, 0.5) is 0 Å². The summed E-state index contributed by atoms with van der Waals surface area (Å²) in [6.45, 7) is 9.04. The van der Waals surface area contributed by atoms with Crippen LogP contribution in [0.3, 0.4) is 0 Å². The second-order valence-corrected chi connectivity index (χ2v) is 15.5. The van der Waals surface area contributed by atoms with E-state index in [0.29, 0.717) is 0 Å². The van der Waals surface area contributed by atoms with Crippen molar-refractivity contribution < 1.29 is 0 Å². The number of H-pyrrole nitrogens is 1. The summed E-state index contributed by atoms with van der Waals surface area (Å²) in [5.41, 5.74) is 1.22. The molecule has 0 saturated carbocycles. The summed E-state index contributed by atoms with van der Waals surface area (Å²) in [5.74, 6) is 0. The molecule has 0 unspecified atom stereocenters. The Morgan fingerprint density at radius 3 is 1.58 bits per heavy atom. The molecular weight excluding hydrogens is 337 g/mol. The Morgan fingerprint density at radius 1 is 0.895 bits per heavy atom. The third kappa shape index (κ3) is 12.8. The summed E-state index contributed by atoms with van der Waals surface area (Å²) in [6, 6.07) is 4.01. The molecular formula is C17H35NSn. The molecule has 0 bridgehead atoms. The van der Waals surface area contributed by atoms with E-state index < -0.39 is 19.8 Å². The van der Waals surface area contributed by atoms with E-state index in [-0.39, 0.29) is 0 Å². The number of aromatic nitrogens is 1.